The van der Waals surface area contributed by atoms with E-state index in [4.69, 9.17) is 10.2 Å². The van der Waals surface area contributed by atoms with Crippen molar-refractivity contribution in [3.05, 3.63) is 23.7 Å². The summed E-state index contributed by atoms with van der Waals surface area (Å²) in [5.74, 6) is 2.08. The van der Waals surface area contributed by atoms with E-state index in [9.17, 15) is 4.79 Å². The van der Waals surface area contributed by atoms with Gasteiger partial charge in [-0.2, -0.15) is 0 Å². The zero-order valence-corrected chi connectivity index (χ0v) is 13.1. The van der Waals surface area contributed by atoms with Crippen molar-refractivity contribution in [2.45, 2.75) is 39.7 Å². The molecule has 1 unspecified atom stereocenters. The Kier molecular flexibility index (Phi) is 6.56. The lowest BCUT2D eigenvalue weighted by Crippen LogP contribution is -2.40. The van der Waals surface area contributed by atoms with Gasteiger partial charge in [0.05, 0.1) is 12.1 Å². The molecule has 2 rings (SSSR count). The molecule has 1 aromatic rings. The molecule has 4 nitrogen and oxygen atoms in total. The van der Waals surface area contributed by atoms with Gasteiger partial charge >= 0.3 is 0 Å². The van der Waals surface area contributed by atoms with Crippen LogP contribution in [0.5, 0.6) is 0 Å². The van der Waals surface area contributed by atoms with Crippen LogP contribution in [0, 0.1) is 11.8 Å². The van der Waals surface area contributed by atoms with Crippen LogP contribution in [-0.4, -0.2) is 23.9 Å². The van der Waals surface area contributed by atoms with Crippen LogP contribution >= 0.6 is 12.4 Å². The van der Waals surface area contributed by atoms with Crippen LogP contribution in [-0.2, 0) is 6.54 Å². The number of nitrogens with zero attached hydrogens (tertiary/aromatic N) is 1. The fourth-order valence-electron chi connectivity index (χ4n) is 2.89. The monoisotopic (exact) mass is 300 g/mol. The van der Waals surface area contributed by atoms with Crippen LogP contribution in [0.25, 0.3) is 0 Å². The average molecular weight is 301 g/mol. The number of piperidine rings is 1. The lowest BCUT2D eigenvalue weighted by molar-refractivity contribution is 0.0659. The largest absolute Gasteiger partial charge is 0.467 e. The van der Waals surface area contributed by atoms with Crippen molar-refractivity contribution in [2.24, 2.45) is 17.6 Å². The van der Waals surface area contributed by atoms with Gasteiger partial charge in [0.1, 0.15) is 12.0 Å². The van der Waals surface area contributed by atoms with Crippen molar-refractivity contribution >= 4 is 18.3 Å². The highest BCUT2D eigenvalue weighted by molar-refractivity contribution is 5.94. The summed E-state index contributed by atoms with van der Waals surface area (Å²) in [6.45, 7) is 6.55. The molecule has 0 bridgehead atoms. The lowest BCUT2D eigenvalue weighted by atomic mass is 9.89. The van der Waals surface area contributed by atoms with Gasteiger partial charge in [-0.15, -0.1) is 12.4 Å². The van der Waals surface area contributed by atoms with Crippen molar-refractivity contribution < 1.29 is 9.21 Å². The number of likely N-dealkylation sites (tertiary alicyclic amines) is 1. The zero-order chi connectivity index (χ0) is 13.8. The predicted octanol–water partition coefficient (Wildman–Crippen LogP) is 3.06. The lowest BCUT2D eigenvalue weighted by Gasteiger charge is -2.33. The second-order valence-electron chi connectivity index (χ2n) is 5.89. The van der Waals surface area contributed by atoms with Crippen molar-refractivity contribution in [3.63, 3.8) is 0 Å². The minimum atomic E-state index is 0. The van der Waals surface area contributed by atoms with Gasteiger partial charge in [0.15, 0.2) is 0 Å². The number of hydrogen-bond donors (Lipinski definition) is 1. The third-order valence-corrected chi connectivity index (χ3v) is 3.71. The van der Waals surface area contributed by atoms with E-state index >= 15 is 0 Å². The van der Waals surface area contributed by atoms with E-state index in [1.165, 1.54) is 19.1 Å². The van der Waals surface area contributed by atoms with E-state index in [0.29, 0.717) is 29.7 Å². The summed E-state index contributed by atoms with van der Waals surface area (Å²) in [6, 6.07) is 1.76. The number of carbonyl (C=O) groups excluding carboxylic acids is 1. The molecule has 0 aromatic carbocycles. The van der Waals surface area contributed by atoms with Crippen LogP contribution in [0.15, 0.2) is 16.7 Å². The van der Waals surface area contributed by atoms with E-state index in [0.717, 1.165) is 19.5 Å². The fourth-order valence-corrected chi connectivity index (χ4v) is 2.89. The highest BCUT2D eigenvalue weighted by Crippen LogP contribution is 2.24. The van der Waals surface area contributed by atoms with E-state index in [1.54, 1.807) is 6.07 Å². The standard InChI is InChI=1S/C15H24N2O2.ClH/c1-11(2)6-12-4-3-5-17(9-12)15(18)13-7-14(8-16)19-10-13;/h7,10-12H,3-6,8-9,16H2,1-2H3;1H. The molecule has 1 saturated heterocycles. The molecular formula is C15H25ClN2O2. The highest BCUT2D eigenvalue weighted by atomic mass is 35.5. The maximum atomic E-state index is 12.4. The molecule has 0 radical (unpaired) electrons. The molecule has 1 aliphatic heterocycles. The van der Waals surface area contributed by atoms with Crippen LogP contribution in [0.1, 0.15) is 49.2 Å². The van der Waals surface area contributed by atoms with E-state index < -0.39 is 0 Å². The minimum absolute atomic E-state index is 0. The molecule has 1 atom stereocenters. The molecule has 20 heavy (non-hydrogen) atoms. The third kappa shape index (κ3) is 4.25. The van der Waals surface area contributed by atoms with E-state index in [-0.39, 0.29) is 18.3 Å². The van der Waals surface area contributed by atoms with Gasteiger partial charge in [0, 0.05) is 13.1 Å². The molecule has 1 aliphatic rings. The molecule has 0 saturated carbocycles. The summed E-state index contributed by atoms with van der Waals surface area (Å²) in [6.07, 6.45) is 5.06. The molecule has 0 spiro atoms. The summed E-state index contributed by atoms with van der Waals surface area (Å²) in [7, 11) is 0. The van der Waals surface area contributed by atoms with E-state index in [1.807, 2.05) is 4.90 Å². The SMILES string of the molecule is CC(C)CC1CCCN(C(=O)c2coc(CN)c2)C1.Cl. The van der Waals surface area contributed by atoms with E-state index in [2.05, 4.69) is 13.8 Å². The first-order valence-corrected chi connectivity index (χ1v) is 7.17. The summed E-state index contributed by atoms with van der Waals surface area (Å²) in [5, 5.41) is 0. The van der Waals surface area contributed by atoms with Crippen molar-refractivity contribution in [1.82, 2.24) is 4.90 Å². The van der Waals surface area contributed by atoms with Gasteiger partial charge in [-0.3, -0.25) is 4.79 Å². The first-order chi connectivity index (χ1) is 9.10. The van der Waals surface area contributed by atoms with Gasteiger partial charge < -0.3 is 15.1 Å². The first-order valence-electron chi connectivity index (χ1n) is 7.17. The van der Waals surface area contributed by atoms with Crippen LogP contribution in [0.3, 0.4) is 0 Å². The Morgan fingerprint density at radius 2 is 2.30 bits per heavy atom. The summed E-state index contributed by atoms with van der Waals surface area (Å²) in [4.78, 5) is 14.3. The molecule has 1 fully saturated rings. The van der Waals surface area contributed by atoms with Crippen molar-refractivity contribution in [3.8, 4) is 0 Å². The van der Waals surface area contributed by atoms with Gasteiger partial charge in [-0.05, 0) is 37.2 Å². The van der Waals surface area contributed by atoms with Gasteiger partial charge in [0.25, 0.3) is 5.91 Å². The zero-order valence-electron chi connectivity index (χ0n) is 12.3. The number of nitrogens with two attached hydrogens (primary N) is 1. The predicted molar refractivity (Wildman–Crippen MR) is 81.9 cm³/mol. The molecule has 1 amide bonds. The van der Waals surface area contributed by atoms with Crippen molar-refractivity contribution in [2.75, 3.05) is 13.1 Å². The summed E-state index contributed by atoms with van der Waals surface area (Å²) < 4.78 is 5.24. The molecule has 0 aliphatic carbocycles. The topological polar surface area (TPSA) is 59.5 Å². The Hall–Kier alpha value is -1.00. The summed E-state index contributed by atoms with van der Waals surface area (Å²) in [5.41, 5.74) is 6.13. The number of furan rings is 1. The molecule has 2 heterocycles. The second-order valence-corrected chi connectivity index (χ2v) is 5.89. The Bertz CT molecular complexity index is 431. The fraction of sp³-hybridized carbons (Fsp3) is 0.667. The van der Waals surface area contributed by atoms with Crippen LogP contribution in [0.2, 0.25) is 0 Å². The minimum Gasteiger partial charge on any atom is -0.467 e. The normalized spacial score (nSPS) is 19.0. The smallest absolute Gasteiger partial charge is 0.257 e. The van der Waals surface area contributed by atoms with Gasteiger partial charge in [0.2, 0.25) is 0 Å². The molecule has 5 heteroatoms. The second kappa shape index (κ2) is 7.70. The quantitative estimate of drug-likeness (QED) is 0.929. The van der Waals surface area contributed by atoms with Crippen LogP contribution < -0.4 is 5.73 Å². The van der Waals surface area contributed by atoms with Gasteiger partial charge in [-0.1, -0.05) is 13.8 Å². The Balaban J connectivity index is 0.00000200. The first kappa shape index (κ1) is 17.1. The molecule has 2 N–H and O–H groups in total. The highest BCUT2D eigenvalue weighted by Gasteiger charge is 2.25. The average Bonchev–Trinajstić information content (AvgIpc) is 2.86. The maximum Gasteiger partial charge on any atom is 0.257 e. The third-order valence-electron chi connectivity index (χ3n) is 3.71. The number of carbonyl (C=O) groups is 1. The Morgan fingerprint density at radius 3 is 2.90 bits per heavy atom. The molecule has 114 valence electrons. The Morgan fingerprint density at radius 1 is 1.55 bits per heavy atom. The molecule has 1 aromatic heterocycles. The number of rotatable bonds is 4. The van der Waals surface area contributed by atoms with Crippen LogP contribution in [0.4, 0.5) is 0 Å². The van der Waals surface area contributed by atoms with Crippen molar-refractivity contribution in [1.29, 1.82) is 0 Å². The maximum absolute atomic E-state index is 12.4. The number of halogens is 1. The molecular weight excluding hydrogens is 276 g/mol. The number of amides is 1. The summed E-state index contributed by atoms with van der Waals surface area (Å²) >= 11 is 0. The Labute approximate surface area is 127 Å². The number of hydrogen-bond acceptors (Lipinski definition) is 3. The van der Waals surface area contributed by atoms with Gasteiger partial charge in [-0.25, -0.2) is 0 Å².